The van der Waals surface area contributed by atoms with E-state index in [0.717, 1.165) is 12.1 Å². The lowest BCUT2D eigenvalue weighted by molar-refractivity contribution is -0.153. The third-order valence-electron chi connectivity index (χ3n) is 3.95. The summed E-state index contributed by atoms with van der Waals surface area (Å²) in [5.41, 5.74) is 1.98. The molecule has 1 aliphatic heterocycles. The van der Waals surface area contributed by atoms with Gasteiger partial charge in [-0.2, -0.15) is 13.2 Å². The van der Waals surface area contributed by atoms with Crippen molar-refractivity contribution in [3.05, 3.63) is 48.3 Å². The highest BCUT2D eigenvalue weighted by atomic mass is 19.4. The molecule has 1 aliphatic rings. The van der Waals surface area contributed by atoms with Crippen molar-refractivity contribution < 1.29 is 22.7 Å². The van der Waals surface area contributed by atoms with Gasteiger partial charge in [0.25, 0.3) is 0 Å². The summed E-state index contributed by atoms with van der Waals surface area (Å²) in [4.78, 5) is 17.8. The van der Waals surface area contributed by atoms with E-state index in [1.54, 1.807) is 35.5 Å². The lowest BCUT2D eigenvalue weighted by Crippen LogP contribution is -2.47. The number of ether oxygens (including phenoxy) is 1. The molecule has 0 radical (unpaired) electrons. The molecule has 3 rings (SSSR count). The number of rotatable bonds is 5. The number of nitrogens with one attached hydrogen (secondary N) is 1. The number of amides is 1. The van der Waals surface area contributed by atoms with Crippen LogP contribution in [0.5, 0.6) is 5.75 Å². The van der Waals surface area contributed by atoms with Crippen LogP contribution < -0.4 is 10.1 Å². The van der Waals surface area contributed by atoms with Crippen molar-refractivity contribution in [1.82, 2.24) is 15.2 Å². The van der Waals surface area contributed by atoms with E-state index in [0.29, 0.717) is 30.8 Å². The fraction of sp³-hybridized carbons (Fsp3) is 0.333. The SMILES string of the molecule is O=C1CNCCN1Cc1cncc(-c2ccccc2OCC(F)(F)F)c1. The van der Waals surface area contributed by atoms with E-state index in [9.17, 15) is 18.0 Å². The van der Waals surface area contributed by atoms with E-state index in [1.807, 2.05) is 6.07 Å². The highest BCUT2D eigenvalue weighted by molar-refractivity contribution is 5.79. The van der Waals surface area contributed by atoms with Gasteiger partial charge in [-0.05, 0) is 17.7 Å². The fourth-order valence-corrected chi connectivity index (χ4v) is 2.75. The summed E-state index contributed by atoms with van der Waals surface area (Å²) in [6, 6.07) is 8.34. The van der Waals surface area contributed by atoms with Crippen LogP contribution in [0.15, 0.2) is 42.7 Å². The summed E-state index contributed by atoms with van der Waals surface area (Å²) in [6.07, 6.45) is -1.19. The minimum atomic E-state index is -4.41. The van der Waals surface area contributed by atoms with Gasteiger partial charge in [0.15, 0.2) is 6.61 Å². The van der Waals surface area contributed by atoms with Gasteiger partial charge in [-0.3, -0.25) is 9.78 Å². The maximum absolute atomic E-state index is 12.5. The number of nitrogens with zero attached hydrogens (tertiary/aromatic N) is 2. The zero-order valence-electron chi connectivity index (χ0n) is 13.9. The normalized spacial score (nSPS) is 15.2. The van der Waals surface area contributed by atoms with E-state index in [-0.39, 0.29) is 11.7 Å². The van der Waals surface area contributed by atoms with Gasteiger partial charge in [0.05, 0.1) is 6.54 Å². The molecule has 1 aromatic heterocycles. The molecule has 0 saturated carbocycles. The first-order valence-electron chi connectivity index (χ1n) is 8.14. The monoisotopic (exact) mass is 365 g/mol. The minimum absolute atomic E-state index is 0.00978. The van der Waals surface area contributed by atoms with Crippen LogP contribution in [-0.4, -0.2) is 48.2 Å². The second-order valence-corrected chi connectivity index (χ2v) is 5.97. The number of benzene rings is 1. The third-order valence-corrected chi connectivity index (χ3v) is 3.95. The Morgan fingerprint density at radius 1 is 1.23 bits per heavy atom. The number of halogens is 3. The van der Waals surface area contributed by atoms with E-state index in [4.69, 9.17) is 4.74 Å². The molecule has 0 aliphatic carbocycles. The Bertz CT molecular complexity index is 780. The first-order chi connectivity index (χ1) is 12.4. The number of hydrogen-bond acceptors (Lipinski definition) is 4. The summed E-state index contributed by atoms with van der Waals surface area (Å²) >= 11 is 0. The van der Waals surface area contributed by atoms with Crippen LogP contribution in [0.1, 0.15) is 5.56 Å². The first-order valence-corrected chi connectivity index (χ1v) is 8.14. The zero-order valence-corrected chi connectivity index (χ0v) is 13.9. The topological polar surface area (TPSA) is 54.5 Å². The Balaban J connectivity index is 1.80. The molecule has 1 amide bonds. The van der Waals surface area contributed by atoms with E-state index in [2.05, 4.69) is 10.3 Å². The fourth-order valence-electron chi connectivity index (χ4n) is 2.75. The second-order valence-electron chi connectivity index (χ2n) is 5.97. The average Bonchev–Trinajstić information content (AvgIpc) is 2.62. The minimum Gasteiger partial charge on any atom is -0.483 e. The van der Waals surface area contributed by atoms with Gasteiger partial charge in [-0.15, -0.1) is 0 Å². The number of alkyl halides is 3. The van der Waals surface area contributed by atoms with Gasteiger partial charge in [0, 0.05) is 43.2 Å². The molecule has 138 valence electrons. The van der Waals surface area contributed by atoms with Gasteiger partial charge in [0.2, 0.25) is 5.91 Å². The van der Waals surface area contributed by atoms with Crippen molar-refractivity contribution >= 4 is 5.91 Å². The summed E-state index contributed by atoms with van der Waals surface area (Å²) in [7, 11) is 0. The largest absolute Gasteiger partial charge is 0.483 e. The predicted octanol–water partition coefficient (Wildman–Crippen LogP) is 2.62. The predicted molar refractivity (Wildman–Crippen MR) is 89.5 cm³/mol. The van der Waals surface area contributed by atoms with Gasteiger partial charge in [-0.25, -0.2) is 0 Å². The van der Waals surface area contributed by atoms with Crippen molar-refractivity contribution in [2.75, 3.05) is 26.2 Å². The number of para-hydroxylation sites is 1. The van der Waals surface area contributed by atoms with Crippen LogP contribution in [0.25, 0.3) is 11.1 Å². The standard InChI is InChI=1S/C18H18F3N3O2/c19-18(20,21)12-26-16-4-2-1-3-15(16)14-7-13(8-23-9-14)11-24-6-5-22-10-17(24)25/h1-4,7-9,22H,5-6,10-12H2. The Morgan fingerprint density at radius 3 is 2.81 bits per heavy atom. The van der Waals surface area contributed by atoms with Crippen molar-refractivity contribution in [1.29, 1.82) is 0 Å². The maximum atomic E-state index is 12.5. The highest BCUT2D eigenvalue weighted by Crippen LogP contribution is 2.31. The molecule has 8 heteroatoms. The van der Waals surface area contributed by atoms with Crippen LogP contribution >= 0.6 is 0 Å². The average molecular weight is 365 g/mol. The summed E-state index contributed by atoms with van der Waals surface area (Å²) in [5.74, 6) is 0.151. The Labute approximate surface area is 148 Å². The molecule has 5 nitrogen and oxygen atoms in total. The maximum Gasteiger partial charge on any atom is 0.422 e. The Hall–Kier alpha value is -2.61. The number of aromatic nitrogens is 1. The summed E-state index contributed by atoms with van der Waals surface area (Å²) in [6.45, 7) is 0.696. The van der Waals surface area contributed by atoms with Crippen LogP contribution in [0, 0.1) is 0 Å². The molecule has 26 heavy (non-hydrogen) atoms. The van der Waals surface area contributed by atoms with Crippen molar-refractivity contribution in [3.8, 4) is 16.9 Å². The number of carbonyl (C=O) groups is 1. The van der Waals surface area contributed by atoms with Gasteiger partial charge < -0.3 is 15.0 Å². The number of hydrogen-bond donors (Lipinski definition) is 1. The van der Waals surface area contributed by atoms with Crippen LogP contribution in [0.3, 0.4) is 0 Å². The first kappa shape index (κ1) is 18.2. The molecule has 0 spiro atoms. The Kier molecular flexibility index (Phi) is 5.41. The zero-order chi connectivity index (χ0) is 18.6. The second kappa shape index (κ2) is 7.74. The number of carbonyl (C=O) groups excluding carboxylic acids is 1. The molecule has 0 bridgehead atoms. The van der Waals surface area contributed by atoms with Crippen molar-refractivity contribution in [2.24, 2.45) is 0 Å². The molecule has 1 fully saturated rings. The third kappa shape index (κ3) is 4.72. The van der Waals surface area contributed by atoms with Gasteiger partial charge >= 0.3 is 6.18 Å². The van der Waals surface area contributed by atoms with E-state index in [1.165, 1.54) is 6.07 Å². The van der Waals surface area contributed by atoms with E-state index < -0.39 is 12.8 Å². The van der Waals surface area contributed by atoms with Crippen molar-refractivity contribution in [3.63, 3.8) is 0 Å². The Morgan fingerprint density at radius 2 is 2.04 bits per heavy atom. The molecular formula is C18H18F3N3O2. The molecular weight excluding hydrogens is 347 g/mol. The highest BCUT2D eigenvalue weighted by Gasteiger charge is 2.29. The van der Waals surface area contributed by atoms with Crippen LogP contribution in [0.4, 0.5) is 13.2 Å². The molecule has 0 unspecified atom stereocenters. The van der Waals surface area contributed by atoms with Crippen LogP contribution in [-0.2, 0) is 11.3 Å². The van der Waals surface area contributed by atoms with Gasteiger partial charge in [-0.1, -0.05) is 18.2 Å². The van der Waals surface area contributed by atoms with Crippen LogP contribution in [0.2, 0.25) is 0 Å². The molecule has 2 aromatic rings. The molecule has 1 aromatic carbocycles. The quantitative estimate of drug-likeness (QED) is 0.885. The number of pyridine rings is 1. The molecule has 0 atom stereocenters. The smallest absolute Gasteiger partial charge is 0.422 e. The van der Waals surface area contributed by atoms with E-state index >= 15 is 0 Å². The lowest BCUT2D eigenvalue weighted by atomic mass is 10.0. The number of piperazine rings is 1. The summed E-state index contributed by atoms with van der Waals surface area (Å²) in [5, 5.41) is 3.01. The van der Waals surface area contributed by atoms with Gasteiger partial charge in [0.1, 0.15) is 5.75 Å². The molecule has 1 N–H and O–H groups in total. The summed E-state index contributed by atoms with van der Waals surface area (Å²) < 4.78 is 42.3. The molecule has 1 saturated heterocycles. The van der Waals surface area contributed by atoms with Crippen molar-refractivity contribution in [2.45, 2.75) is 12.7 Å². The lowest BCUT2D eigenvalue weighted by Gasteiger charge is -2.27. The molecule has 2 heterocycles.